The van der Waals surface area contributed by atoms with Gasteiger partial charge in [-0.1, -0.05) is 13.8 Å². The summed E-state index contributed by atoms with van der Waals surface area (Å²) in [4.78, 5) is 3.89. The summed E-state index contributed by atoms with van der Waals surface area (Å²) >= 11 is 0. The minimum Gasteiger partial charge on any atom is -0.404 e. The Labute approximate surface area is 106 Å². The van der Waals surface area contributed by atoms with Gasteiger partial charge in [-0.15, -0.1) is 0 Å². The van der Waals surface area contributed by atoms with Crippen molar-refractivity contribution in [3.63, 3.8) is 0 Å². The molecule has 0 bridgehead atoms. The molecule has 0 radical (unpaired) electrons. The van der Waals surface area contributed by atoms with Crippen LogP contribution in [0.2, 0.25) is 0 Å². The zero-order chi connectivity index (χ0) is 14.0. The second-order valence-electron chi connectivity index (χ2n) is 5.72. The van der Waals surface area contributed by atoms with Crippen LogP contribution in [0.5, 0.6) is 0 Å². The van der Waals surface area contributed by atoms with E-state index in [1.807, 2.05) is 0 Å². The van der Waals surface area contributed by atoms with Crippen LogP contribution in [0.25, 0.3) is 0 Å². The van der Waals surface area contributed by atoms with Crippen molar-refractivity contribution >= 4 is 5.71 Å². The van der Waals surface area contributed by atoms with Crippen molar-refractivity contribution in [3.8, 4) is 0 Å². The molecule has 2 nitrogen and oxygen atoms in total. The molecule has 0 amide bonds. The minimum absolute atomic E-state index is 0.00710. The average Bonchev–Trinajstić information content (AvgIpc) is 2.25. The van der Waals surface area contributed by atoms with Gasteiger partial charge in [0.1, 0.15) is 5.71 Å². The van der Waals surface area contributed by atoms with Crippen LogP contribution < -0.4 is 5.73 Å². The van der Waals surface area contributed by atoms with Crippen molar-refractivity contribution in [1.82, 2.24) is 0 Å². The van der Waals surface area contributed by atoms with E-state index in [0.717, 1.165) is 19.0 Å². The largest absolute Gasteiger partial charge is 0.433 e. The smallest absolute Gasteiger partial charge is 0.404 e. The first kappa shape index (κ1) is 15.1. The van der Waals surface area contributed by atoms with Crippen molar-refractivity contribution in [1.29, 1.82) is 0 Å². The molecule has 0 heterocycles. The zero-order valence-electron chi connectivity index (χ0n) is 11.1. The third-order valence-corrected chi connectivity index (χ3v) is 3.51. The molecule has 0 aromatic heterocycles. The fourth-order valence-corrected chi connectivity index (χ4v) is 2.17. The minimum atomic E-state index is -4.42. The molecule has 1 aliphatic rings. The van der Waals surface area contributed by atoms with E-state index in [9.17, 15) is 13.2 Å². The van der Waals surface area contributed by atoms with E-state index in [0.29, 0.717) is 12.8 Å². The number of nitrogens with two attached hydrogens (primary N) is 1. The summed E-state index contributed by atoms with van der Waals surface area (Å²) in [6.07, 6.45) is -0.198. The summed E-state index contributed by atoms with van der Waals surface area (Å²) in [7, 11) is 0. The normalized spacial score (nSPS) is 23.2. The predicted octanol–water partition coefficient (Wildman–Crippen LogP) is 3.82. The van der Waals surface area contributed by atoms with Crippen LogP contribution in [0.15, 0.2) is 16.8 Å². The summed E-state index contributed by atoms with van der Waals surface area (Å²) in [5.41, 5.74) is 4.57. The molecule has 18 heavy (non-hydrogen) atoms. The molecule has 1 fully saturated rings. The number of halogens is 3. The zero-order valence-corrected chi connectivity index (χ0v) is 11.1. The van der Waals surface area contributed by atoms with Crippen molar-refractivity contribution in [2.24, 2.45) is 16.1 Å². The Morgan fingerprint density at radius 1 is 1.28 bits per heavy atom. The summed E-state index contributed by atoms with van der Waals surface area (Å²) in [5, 5.41) is 0. The monoisotopic (exact) mass is 262 g/mol. The number of rotatable bonds is 2. The van der Waals surface area contributed by atoms with Gasteiger partial charge in [-0.25, -0.2) is 0 Å². The van der Waals surface area contributed by atoms with E-state index in [1.165, 1.54) is 6.92 Å². The van der Waals surface area contributed by atoms with Gasteiger partial charge in [0.05, 0.1) is 6.04 Å². The predicted molar refractivity (Wildman–Crippen MR) is 67.5 cm³/mol. The number of allylic oxidation sites excluding steroid dienone is 1. The maximum Gasteiger partial charge on any atom is 0.433 e. The number of hydrogen-bond donors (Lipinski definition) is 1. The molecule has 104 valence electrons. The van der Waals surface area contributed by atoms with Crippen LogP contribution in [-0.4, -0.2) is 17.9 Å². The van der Waals surface area contributed by atoms with Crippen LogP contribution in [0, 0.1) is 5.41 Å². The maximum absolute atomic E-state index is 12.8. The summed E-state index contributed by atoms with van der Waals surface area (Å²) in [6.45, 7) is 5.63. The SMILES string of the molecule is CC(=CN)C(=NC1CCC(C)(C)CC1)C(F)(F)F. The molecule has 0 saturated heterocycles. The Morgan fingerprint density at radius 2 is 1.78 bits per heavy atom. The van der Waals surface area contributed by atoms with Gasteiger partial charge in [0, 0.05) is 0 Å². The molecule has 0 spiro atoms. The lowest BCUT2D eigenvalue weighted by molar-refractivity contribution is -0.0587. The number of alkyl halides is 3. The maximum atomic E-state index is 12.8. The molecule has 0 aliphatic heterocycles. The van der Waals surface area contributed by atoms with Crippen LogP contribution in [0.3, 0.4) is 0 Å². The number of hydrogen-bond acceptors (Lipinski definition) is 2. The average molecular weight is 262 g/mol. The lowest BCUT2D eigenvalue weighted by Gasteiger charge is -2.33. The molecule has 0 unspecified atom stereocenters. The number of aliphatic imine (C=N–C) groups is 1. The highest BCUT2D eigenvalue weighted by Crippen LogP contribution is 2.37. The Bertz CT molecular complexity index is 344. The first-order chi connectivity index (χ1) is 8.15. The van der Waals surface area contributed by atoms with Crippen molar-refractivity contribution in [3.05, 3.63) is 11.8 Å². The van der Waals surface area contributed by atoms with E-state index in [2.05, 4.69) is 18.8 Å². The van der Waals surface area contributed by atoms with Gasteiger partial charge in [-0.2, -0.15) is 13.2 Å². The quantitative estimate of drug-likeness (QED) is 0.755. The highest BCUT2D eigenvalue weighted by molar-refractivity contribution is 6.03. The van der Waals surface area contributed by atoms with Crippen LogP contribution in [0.4, 0.5) is 13.2 Å². The fraction of sp³-hybridized carbons (Fsp3) is 0.769. The second kappa shape index (κ2) is 5.33. The molecular formula is C13H21F3N2. The first-order valence-corrected chi connectivity index (χ1v) is 6.19. The highest BCUT2D eigenvalue weighted by atomic mass is 19.4. The number of nitrogens with zero attached hydrogens (tertiary/aromatic N) is 1. The Morgan fingerprint density at radius 3 is 2.17 bits per heavy atom. The Hall–Kier alpha value is -1.00. The molecule has 1 aliphatic carbocycles. The molecule has 1 saturated carbocycles. The molecule has 0 atom stereocenters. The van der Waals surface area contributed by atoms with Gasteiger partial charge >= 0.3 is 6.18 Å². The topological polar surface area (TPSA) is 38.4 Å². The van der Waals surface area contributed by atoms with Gasteiger partial charge in [-0.05, 0) is 49.8 Å². The lowest BCUT2D eigenvalue weighted by atomic mass is 9.76. The van der Waals surface area contributed by atoms with Crippen molar-refractivity contribution < 1.29 is 13.2 Å². The summed E-state index contributed by atoms with van der Waals surface area (Å²) < 4.78 is 38.5. The van der Waals surface area contributed by atoms with E-state index in [4.69, 9.17) is 5.73 Å². The highest BCUT2D eigenvalue weighted by Gasteiger charge is 2.38. The van der Waals surface area contributed by atoms with Crippen molar-refractivity contribution in [2.45, 2.75) is 58.7 Å². The van der Waals surface area contributed by atoms with E-state index in [-0.39, 0.29) is 17.0 Å². The van der Waals surface area contributed by atoms with Gasteiger partial charge in [0.25, 0.3) is 0 Å². The van der Waals surface area contributed by atoms with E-state index >= 15 is 0 Å². The third kappa shape index (κ3) is 4.03. The molecule has 0 aromatic carbocycles. The van der Waals surface area contributed by atoms with E-state index in [1.54, 1.807) is 0 Å². The molecule has 2 N–H and O–H groups in total. The summed E-state index contributed by atoms with van der Waals surface area (Å²) in [5.74, 6) is 0. The fourth-order valence-electron chi connectivity index (χ4n) is 2.17. The lowest BCUT2D eigenvalue weighted by Crippen LogP contribution is -2.29. The summed E-state index contributed by atoms with van der Waals surface area (Å²) in [6, 6.07) is -0.232. The van der Waals surface area contributed by atoms with Crippen LogP contribution in [0.1, 0.15) is 46.5 Å². The van der Waals surface area contributed by atoms with Gasteiger partial charge in [0.15, 0.2) is 0 Å². The van der Waals surface area contributed by atoms with Gasteiger partial charge < -0.3 is 5.73 Å². The van der Waals surface area contributed by atoms with Crippen molar-refractivity contribution in [2.75, 3.05) is 0 Å². The Balaban J connectivity index is 2.85. The molecule has 5 heteroatoms. The molecule has 1 rings (SSSR count). The van der Waals surface area contributed by atoms with Gasteiger partial charge in [0.2, 0.25) is 0 Å². The molecule has 0 aromatic rings. The van der Waals surface area contributed by atoms with E-state index < -0.39 is 11.9 Å². The third-order valence-electron chi connectivity index (χ3n) is 3.51. The van der Waals surface area contributed by atoms with Gasteiger partial charge in [-0.3, -0.25) is 4.99 Å². The van der Waals surface area contributed by atoms with Crippen LogP contribution in [-0.2, 0) is 0 Å². The standard InChI is InChI=1S/C13H21F3N2/c1-9(8-17)11(13(14,15)16)18-10-4-6-12(2,3)7-5-10/h8,10H,4-7,17H2,1-3H3. The second-order valence-corrected chi connectivity index (χ2v) is 5.72. The van der Waals surface area contributed by atoms with Crippen LogP contribution >= 0.6 is 0 Å². The Kier molecular flexibility index (Phi) is 4.46. The first-order valence-electron chi connectivity index (χ1n) is 6.19. The molecular weight excluding hydrogens is 241 g/mol.